The third kappa shape index (κ3) is 3.65. The Hall–Kier alpha value is -3.02. The van der Waals surface area contributed by atoms with Crippen LogP contribution in [0.2, 0.25) is 5.02 Å². The summed E-state index contributed by atoms with van der Waals surface area (Å²) in [6, 6.07) is 21.5. The molecule has 4 aromatic rings. The molecule has 4 nitrogen and oxygen atoms in total. The maximum Gasteiger partial charge on any atom is 0.322 e. The van der Waals surface area contributed by atoms with Crippen LogP contribution in [0.15, 0.2) is 72.9 Å². The lowest BCUT2D eigenvalue weighted by Gasteiger charge is -2.31. The fourth-order valence-corrected chi connectivity index (χ4v) is 6.63. The molecule has 3 heterocycles. The quantitative estimate of drug-likeness (QED) is 0.328. The number of carbonyl (C=O) groups is 1. The Balaban J connectivity index is 1.49. The number of amides is 2. The summed E-state index contributed by atoms with van der Waals surface area (Å²) in [5.74, 6) is 0. The zero-order chi connectivity index (χ0) is 22.4. The van der Waals surface area contributed by atoms with Gasteiger partial charge in [-0.2, -0.15) is 0 Å². The van der Waals surface area contributed by atoms with Gasteiger partial charge in [0.25, 0.3) is 0 Å². The molecule has 2 aromatic carbocycles. The molecule has 0 spiro atoms. The van der Waals surface area contributed by atoms with Gasteiger partial charge in [0.15, 0.2) is 0 Å². The van der Waals surface area contributed by atoms with Crippen LogP contribution in [0.25, 0.3) is 5.00 Å². The maximum atomic E-state index is 13.8. The van der Waals surface area contributed by atoms with E-state index in [0.717, 1.165) is 29.8 Å². The third-order valence-corrected chi connectivity index (χ3v) is 8.24. The number of nitrogens with zero attached hydrogens (tertiary/aromatic N) is 2. The van der Waals surface area contributed by atoms with Crippen LogP contribution >= 0.6 is 22.9 Å². The Morgan fingerprint density at radius 3 is 2.55 bits per heavy atom. The summed E-state index contributed by atoms with van der Waals surface area (Å²) in [6.07, 6.45) is 6.85. The summed E-state index contributed by atoms with van der Waals surface area (Å²) in [7, 11) is 0. The van der Waals surface area contributed by atoms with Crippen molar-refractivity contribution in [1.29, 1.82) is 0 Å². The van der Waals surface area contributed by atoms with E-state index in [9.17, 15) is 4.79 Å². The summed E-state index contributed by atoms with van der Waals surface area (Å²) in [5.41, 5.74) is 5.72. The van der Waals surface area contributed by atoms with Crippen LogP contribution in [0.5, 0.6) is 0 Å². The van der Waals surface area contributed by atoms with Crippen LogP contribution in [0, 0.1) is 0 Å². The van der Waals surface area contributed by atoms with Crippen molar-refractivity contribution in [3.8, 4) is 5.00 Å². The van der Waals surface area contributed by atoms with Gasteiger partial charge in [0.2, 0.25) is 0 Å². The second-order valence-corrected chi connectivity index (χ2v) is 10.2. The van der Waals surface area contributed by atoms with Crippen LogP contribution in [-0.2, 0) is 19.4 Å². The zero-order valence-corrected chi connectivity index (χ0v) is 19.7. The van der Waals surface area contributed by atoms with E-state index in [2.05, 4.69) is 40.3 Å². The summed E-state index contributed by atoms with van der Waals surface area (Å²) in [6.45, 7) is 0.585. The third-order valence-electron chi connectivity index (χ3n) is 6.65. The molecule has 0 bridgehead atoms. The van der Waals surface area contributed by atoms with Crippen molar-refractivity contribution in [3.63, 3.8) is 0 Å². The van der Waals surface area contributed by atoms with E-state index in [1.807, 2.05) is 46.6 Å². The zero-order valence-electron chi connectivity index (χ0n) is 18.1. The number of hydrogen-bond acceptors (Lipinski definition) is 2. The number of rotatable bonds is 2. The van der Waals surface area contributed by atoms with Gasteiger partial charge in [0, 0.05) is 27.3 Å². The van der Waals surface area contributed by atoms with Crippen LogP contribution in [0.3, 0.4) is 0 Å². The smallest absolute Gasteiger partial charge is 0.310 e. The molecule has 1 aliphatic carbocycles. The van der Waals surface area contributed by atoms with Gasteiger partial charge in [0.1, 0.15) is 5.00 Å². The Kier molecular flexibility index (Phi) is 5.24. The number of urea groups is 1. The molecule has 6 rings (SSSR count). The Morgan fingerprint density at radius 2 is 1.73 bits per heavy atom. The molecule has 1 atom stereocenters. The molecule has 0 saturated heterocycles. The SMILES string of the molecule is O=C(Nc1ccc(Cl)cc1)N1Cc2c(sc3c2CCCC3)-n2cccc2C1c1ccccc1. The summed E-state index contributed by atoms with van der Waals surface area (Å²) in [5, 5.41) is 5.03. The van der Waals surface area contributed by atoms with E-state index < -0.39 is 0 Å². The number of aromatic nitrogens is 1. The van der Waals surface area contributed by atoms with Crippen molar-refractivity contribution in [2.24, 2.45) is 0 Å². The fourth-order valence-electron chi connectivity index (χ4n) is 5.10. The second kappa shape index (κ2) is 8.40. The van der Waals surface area contributed by atoms with Crippen molar-refractivity contribution >= 4 is 34.7 Å². The molecule has 0 saturated carbocycles. The molecule has 0 fully saturated rings. The van der Waals surface area contributed by atoms with Crippen LogP contribution < -0.4 is 5.32 Å². The standard InChI is InChI=1S/C27H24ClN3OS/c28-19-12-14-20(15-13-19)29-27(32)31-17-22-21-9-4-5-11-24(21)33-26(22)30-16-6-10-23(30)25(31)18-7-2-1-3-8-18/h1-3,6-8,10,12-16,25H,4-5,9,11,17H2,(H,29,32). The Labute approximate surface area is 202 Å². The maximum absolute atomic E-state index is 13.8. The van der Waals surface area contributed by atoms with E-state index in [-0.39, 0.29) is 12.1 Å². The number of anilines is 1. The predicted octanol–water partition coefficient (Wildman–Crippen LogP) is 7.21. The highest BCUT2D eigenvalue weighted by molar-refractivity contribution is 7.15. The molecule has 2 aromatic heterocycles. The van der Waals surface area contributed by atoms with Gasteiger partial charge in [0.05, 0.1) is 18.3 Å². The number of aryl methyl sites for hydroxylation is 1. The second-order valence-electron chi connectivity index (χ2n) is 8.68. The number of carbonyl (C=O) groups excluding carboxylic acids is 1. The molecule has 33 heavy (non-hydrogen) atoms. The van der Waals surface area contributed by atoms with E-state index >= 15 is 0 Å². The van der Waals surface area contributed by atoms with Crippen molar-refractivity contribution in [3.05, 3.63) is 105 Å². The normalized spacial score (nSPS) is 17.0. The molecular weight excluding hydrogens is 450 g/mol. The van der Waals surface area contributed by atoms with E-state index in [0.29, 0.717) is 11.6 Å². The van der Waals surface area contributed by atoms with Crippen molar-refractivity contribution in [2.45, 2.75) is 38.3 Å². The van der Waals surface area contributed by atoms with Gasteiger partial charge >= 0.3 is 6.03 Å². The topological polar surface area (TPSA) is 37.3 Å². The van der Waals surface area contributed by atoms with Gasteiger partial charge in [-0.05, 0) is 73.2 Å². The first-order valence-corrected chi connectivity index (χ1v) is 12.6. The highest BCUT2D eigenvalue weighted by atomic mass is 35.5. The van der Waals surface area contributed by atoms with Gasteiger partial charge in [-0.15, -0.1) is 11.3 Å². The molecule has 0 radical (unpaired) electrons. The van der Waals surface area contributed by atoms with Gasteiger partial charge < -0.3 is 14.8 Å². The molecule has 2 aliphatic rings. The van der Waals surface area contributed by atoms with Crippen LogP contribution in [0.1, 0.15) is 46.1 Å². The highest BCUT2D eigenvalue weighted by Gasteiger charge is 2.36. The number of benzene rings is 2. The summed E-state index contributed by atoms with van der Waals surface area (Å²) in [4.78, 5) is 17.3. The van der Waals surface area contributed by atoms with Crippen molar-refractivity contribution in [2.75, 3.05) is 5.32 Å². The number of hydrogen-bond donors (Lipinski definition) is 1. The minimum absolute atomic E-state index is 0.109. The minimum Gasteiger partial charge on any atom is -0.310 e. The van der Waals surface area contributed by atoms with Crippen molar-refractivity contribution in [1.82, 2.24) is 9.47 Å². The summed E-state index contributed by atoms with van der Waals surface area (Å²) < 4.78 is 2.31. The van der Waals surface area contributed by atoms with Gasteiger partial charge in [-0.1, -0.05) is 41.9 Å². The number of nitrogens with one attached hydrogen (secondary N) is 1. The minimum atomic E-state index is -0.188. The number of fused-ring (bicyclic) bond motifs is 5. The van der Waals surface area contributed by atoms with E-state index in [1.165, 1.54) is 33.8 Å². The lowest BCUT2D eigenvalue weighted by Crippen LogP contribution is -2.38. The van der Waals surface area contributed by atoms with E-state index in [4.69, 9.17) is 11.6 Å². The predicted molar refractivity (Wildman–Crippen MR) is 135 cm³/mol. The lowest BCUT2D eigenvalue weighted by atomic mass is 9.95. The van der Waals surface area contributed by atoms with Crippen LogP contribution in [-0.4, -0.2) is 15.5 Å². The first-order chi connectivity index (χ1) is 16.2. The monoisotopic (exact) mass is 473 g/mol. The number of thiophene rings is 1. The molecule has 1 unspecified atom stereocenters. The van der Waals surface area contributed by atoms with Gasteiger partial charge in [-0.25, -0.2) is 4.79 Å². The summed E-state index contributed by atoms with van der Waals surface area (Å²) >= 11 is 7.96. The molecule has 1 N–H and O–H groups in total. The Morgan fingerprint density at radius 1 is 0.939 bits per heavy atom. The molecular formula is C27H24ClN3OS. The van der Waals surface area contributed by atoms with Crippen LogP contribution in [0.4, 0.5) is 10.5 Å². The number of halogens is 1. The average Bonchev–Trinajstić information content (AvgIpc) is 3.43. The molecule has 2 amide bonds. The first kappa shape index (κ1) is 20.6. The largest absolute Gasteiger partial charge is 0.322 e. The lowest BCUT2D eigenvalue weighted by molar-refractivity contribution is 0.194. The first-order valence-electron chi connectivity index (χ1n) is 11.4. The molecule has 6 heteroatoms. The highest BCUT2D eigenvalue weighted by Crippen LogP contribution is 2.44. The van der Waals surface area contributed by atoms with E-state index in [1.54, 1.807) is 12.1 Å². The molecule has 1 aliphatic heterocycles. The Bertz CT molecular complexity index is 1310. The average molecular weight is 474 g/mol. The van der Waals surface area contributed by atoms with Gasteiger partial charge in [-0.3, -0.25) is 0 Å². The molecule has 166 valence electrons. The van der Waals surface area contributed by atoms with Crippen molar-refractivity contribution < 1.29 is 4.79 Å². The fraction of sp³-hybridized carbons (Fsp3) is 0.222.